The first-order valence-electron chi connectivity index (χ1n) is 5.88. The number of ether oxygens (including phenoxy) is 1. The summed E-state index contributed by atoms with van der Waals surface area (Å²) in [6, 6.07) is 0.565. The zero-order valence-electron chi connectivity index (χ0n) is 9.74. The lowest BCUT2D eigenvalue weighted by molar-refractivity contribution is 0.168. The molecule has 2 rings (SSSR count). The Balaban J connectivity index is 1.80. The predicted octanol–water partition coefficient (Wildman–Crippen LogP) is 0.658. The van der Waals surface area contributed by atoms with Crippen LogP contribution in [0.3, 0.4) is 0 Å². The summed E-state index contributed by atoms with van der Waals surface area (Å²) < 4.78 is 5.53. The Morgan fingerprint density at radius 2 is 2.33 bits per heavy atom. The second-order valence-electron chi connectivity index (χ2n) is 4.63. The van der Waals surface area contributed by atoms with Crippen LogP contribution in [0, 0.1) is 5.92 Å². The van der Waals surface area contributed by atoms with Gasteiger partial charge in [-0.05, 0) is 7.05 Å². The molecule has 0 amide bonds. The lowest BCUT2D eigenvalue weighted by Gasteiger charge is -2.33. The van der Waals surface area contributed by atoms with Crippen LogP contribution in [0.15, 0.2) is 0 Å². The highest BCUT2D eigenvalue weighted by atomic mass is 32.2. The summed E-state index contributed by atoms with van der Waals surface area (Å²) in [5.41, 5.74) is 0. The number of rotatable bonds is 3. The van der Waals surface area contributed by atoms with Gasteiger partial charge in [0.2, 0.25) is 0 Å². The third kappa shape index (κ3) is 3.09. The van der Waals surface area contributed by atoms with Crippen molar-refractivity contribution in [1.29, 1.82) is 0 Å². The van der Waals surface area contributed by atoms with Crippen LogP contribution in [0.25, 0.3) is 0 Å². The van der Waals surface area contributed by atoms with E-state index in [1.54, 1.807) is 0 Å². The van der Waals surface area contributed by atoms with Crippen molar-refractivity contribution in [2.45, 2.75) is 18.2 Å². The Hall–Kier alpha value is 0.230. The molecule has 0 aromatic rings. The Kier molecular flexibility index (Phi) is 4.31. The van der Waals surface area contributed by atoms with Crippen LogP contribution in [-0.4, -0.2) is 61.8 Å². The highest BCUT2D eigenvalue weighted by molar-refractivity contribution is 7.99. The molecule has 0 bridgehead atoms. The smallest absolute Gasteiger partial charge is 0.0623 e. The molecule has 3 nitrogen and oxygen atoms in total. The normalized spacial score (nSPS) is 38.4. The van der Waals surface area contributed by atoms with E-state index in [4.69, 9.17) is 4.74 Å². The summed E-state index contributed by atoms with van der Waals surface area (Å²) in [5.74, 6) is 1.98. The first-order valence-corrected chi connectivity index (χ1v) is 6.93. The van der Waals surface area contributed by atoms with Crippen molar-refractivity contribution in [3.63, 3.8) is 0 Å². The molecular formula is C11H22N2OS. The first kappa shape index (κ1) is 11.7. The van der Waals surface area contributed by atoms with Crippen LogP contribution in [0.4, 0.5) is 0 Å². The summed E-state index contributed by atoms with van der Waals surface area (Å²) >= 11 is 2.10. The number of hydrogen-bond acceptors (Lipinski definition) is 4. The Bertz CT molecular complexity index is 203. The molecule has 3 atom stereocenters. The minimum Gasteiger partial charge on any atom is -0.379 e. The van der Waals surface area contributed by atoms with Crippen LogP contribution in [0.1, 0.15) is 6.92 Å². The highest BCUT2D eigenvalue weighted by Gasteiger charge is 2.29. The average Bonchev–Trinajstić information content (AvgIpc) is 2.65. The van der Waals surface area contributed by atoms with Gasteiger partial charge in [0, 0.05) is 42.6 Å². The molecule has 3 unspecified atom stereocenters. The molecule has 2 heterocycles. The molecule has 0 aromatic carbocycles. The molecule has 2 fully saturated rings. The van der Waals surface area contributed by atoms with Gasteiger partial charge in [-0.2, -0.15) is 11.8 Å². The number of thioether (sulfide) groups is 1. The molecule has 0 spiro atoms. The zero-order chi connectivity index (χ0) is 10.7. The van der Waals surface area contributed by atoms with Crippen LogP contribution in [0.5, 0.6) is 0 Å². The molecule has 1 N–H and O–H groups in total. The van der Waals surface area contributed by atoms with Gasteiger partial charge in [-0.3, -0.25) is 0 Å². The molecule has 0 aliphatic carbocycles. The van der Waals surface area contributed by atoms with Crippen molar-refractivity contribution in [3.05, 3.63) is 0 Å². The quantitative estimate of drug-likeness (QED) is 0.770. The molecule has 88 valence electrons. The topological polar surface area (TPSA) is 24.5 Å². The van der Waals surface area contributed by atoms with E-state index in [0.717, 1.165) is 18.5 Å². The number of likely N-dealkylation sites (N-methyl/N-ethyl adjacent to an activating group) is 1. The van der Waals surface area contributed by atoms with Gasteiger partial charge in [0.15, 0.2) is 0 Å². The van der Waals surface area contributed by atoms with Crippen LogP contribution < -0.4 is 5.32 Å². The van der Waals surface area contributed by atoms with Crippen molar-refractivity contribution < 1.29 is 4.74 Å². The van der Waals surface area contributed by atoms with Gasteiger partial charge >= 0.3 is 0 Å². The highest BCUT2D eigenvalue weighted by Crippen LogP contribution is 2.21. The van der Waals surface area contributed by atoms with Crippen LogP contribution in [0.2, 0.25) is 0 Å². The second kappa shape index (κ2) is 5.53. The summed E-state index contributed by atoms with van der Waals surface area (Å²) in [5, 5.41) is 4.16. The molecule has 0 saturated carbocycles. The van der Waals surface area contributed by atoms with Crippen molar-refractivity contribution >= 4 is 11.8 Å². The standard InChI is InChI=1S/C11H22N2OS/c1-9-5-13(3-4-15-9)6-10-7-14-8-11(10)12-2/h9-12H,3-8H2,1-2H3. The van der Waals surface area contributed by atoms with Crippen molar-refractivity contribution in [2.75, 3.05) is 45.6 Å². The van der Waals surface area contributed by atoms with E-state index in [-0.39, 0.29) is 0 Å². The van der Waals surface area contributed by atoms with E-state index in [1.165, 1.54) is 25.4 Å². The van der Waals surface area contributed by atoms with E-state index in [9.17, 15) is 0 Å². The molecular weight excluding hydrogens is 208 g/mol. The fraction of sp³-hybridized carbons (Fsp3) is 1.00. The van der Waals surface area contributed by atoms with E-state index in [2.05, 4.69) is 28.9 Å². The summed E-state index contributed by atoms with van der Waals surface area (Å²) in [6.07, 6.45) is 0. The number of nitrogens with zero attached hydrogens (tertiary/aromatic N) is 1. The maximum absolute atomic E-state index is 5.53. The van der Waals surface area contributed by atoms with E-state index in [1.807, 2.05) is 7.05 Å². The number of hydrogen-bond donors (Lipinski definition) is 1. The minimum atomic E-state index is 0.565. The zero-order valence-corrected chi connectivity index (χ0v) is 10.6. The van der Waals surface area contributed by atoms with Gasteiger partial charge in [-0.15, -0.1) is 0 Å². The maximum Gasteiger partial charge on any atom is 0.0623 e. The Morgan fingerprint density at radius 1 is 1.47 bits per heavy atom. The second-order valence-corrected chi connectivity index (χ2v) is 6.18. The van der Waals surface area contributed by atoms with Crippen molar-refractivity contribution in [2.24, 2.45) is 5.92 Å². The van der Waals surface area contributed by atoms with Gasteiger partial charge in [0.05, 0.1) is 13.2 Å². The fourth-order valence-corrected chi connectivity index (χ4v) is 3.57. The Labute approximate surface area is 96.9 Å². The average molecular weight is 230 g/mol. The SMILES string of the molecule is CNC1COCC1CN1CCSC(C)C1. The van der Waals surface area contributed by atoms with Crippen LogP contribution in [-0.2, 0) is 4.74 Å². The summed E-state index contributed by atoms with van der Waals surface area (Å²) in [7, 11) is 2.04. The third-order valence-corrected chi connectivity index (χ3v) is 4.52. The van der Waals surface area contributed by atoms with E-state index < -0.39 is 0 Å². The van der Waals surface area contributed by atoms with Crippen molar-refractivity contribution in [3.8, 4) is 0 Å². The monoisotopic (exact) mass is 230 g/mol. The van der Waals surface area contributed by atoms with Crippen molar-refractivity contribution in [1.82, 2.24) is 10.2 Å². The lowest BCUT2D eigenvalue weighted by Crippen LogP contribution is -2.44. The molecule has 2 aliphatic rings. The number of nitrogens with one attached hydrogen (secondary N) is 1. The van der Waals surface area contributed by atoms with E-state index in [0.29, 0.717) is 12.0 Å². The predicted molar refractivity (Wildman–Crippen MR) is 65.5 cm³/mol. The molecule has 4 heteroatoms. The molecule has 0 radical (unpaired) electrons. The van der Waals surface area contributed by atoms with Gasteiger partial charge in [0.1, 0.15) is 0 Å². The molecule has 15 heavy (non-hydrogen) atoms. The minimum absolute atomic E-state index is 0.565. The third-order valence-electron chi connectivity index (χ3n) is 3.39. The van der Waals surface area contributed by atoms with Crippen LogP contribution >= 0.6 is 11.8 Å². The lowest BCUT2D eigenvalue weighted by atomic mass is 10.0. The largest absolute Gasteiger partial charge is 0.379 e. The molecule has 2 saturated heterocycles. The van der Waals surface area contributed by atoms with E-state index >= 15 is 0 Å². The first-order chi connectivity index (χ1) is 7.29. The summed E-state index contributed by atoms with van der Waals surface area (Å²) in [6.45, 7) is 7.86. The van der Waals surface area contributed by atoms with Gasteiger partial charge in [-0.25, -0.2) is 0 Å². The summed E-state index contributed by atoms with van der Waals surface area (Å²) in [4.78, 5) is 2.60. The molecule has 0 aromatic heterocycles. The van der Waals surface area contributed by atoms with Gasteiger partial charge in [-0.1, -0.05) is 6.92 Å². The maximum atomic E-state index is 5.53. The van der Waals surface area contributed by atoms with Gasteiger partial charge in [0.25, 0.3) is 0 Å². The Morgan fingerprint density at radius 3 is 3.07 bits per heavy atom. The fourth-order valence-electron chi connectivity index (χ4n) is 2.49. The molecule has 2 aliphatic heterocycles. The van der Waals surface area contributed by atoms with Gasteiger partial charge < -0.3 is 15.0 Å².